The number of rotatable bonds is 0. The van der Waals surface area contributed by atoms with Gasteiger partial charge in [0, 0.05) is 34.1 Å². The van der Waals surface area contributed by atoms with Crippen LogP contribution in [0.2, 0.25) is 0 Å². The molecule has 0 aromatic heterocycles. The summed E-state index contributed by atoms with van der Waals surface area (Å²) in [5.74, 6) is 0. The van der Waals surface area contributed by atoms with E-state index in [0.29, 0.717) is 0 Å². The predicted molar refractivity (Wildman–Crippen MR) is 0 cm³/mol. The second-order valence-corrected chi connectivity index (χ2v) is 0. The summed E-state index contributed by atoms with van der Waals surface area (Å²) in [7, 11) is 0. The minimum absolute atomic E-state index is 0. The van der Waals surface area contributed by atoms with E-state index in [0.717, 1.165) is 0 Å². The molecular weight excluding hydrogens is 218 g/mol. The van der Waals surface area contributed by atoms with Crippen LogP contribution in [0.4, 0.5) is 0 Å². The Morgan fingerprint density at radius 1 is 0.400 bits per heavy atom. The van der Waals surface area contributed by atoms with Crippen LogP contribution in [0.25, 0.3) is 0 Å². The molecule has 0 N–H and O–H groups in total. The molecule has 0 nitrogen and oxygen atoms in total. The first-order chi connectivity index (χ1) is 0. The van der Waals surface area contributed by atoms with Gasteiger partial charge in [-0.25, -0.2) is 0 Å². The van der Waals surface area contributed by atoms with E-state index in [9.17, 15) is 0 Å². The van der Waals surface area contributed by atoms with Crippen LogP contribution in [0.5, 0.6) is 0 Å². The molecule has 5 heteroatoms. The minimum atomic E-state index is 0. The second kappa shape index (κ2) is 39.1. The van der Waals surface area contributed by atoms with Crippen molar-refractivity contribution < 1.29 is 71.4 Å². The summed E-state index contributed by atoms with van der Waals surface area (Å²) in [5, 5.41) is 0. The van der Waals surface area contributed by atoms with Gasteiger partial charge in [-0.2, -0.15) is 0 Å². The molecule has 0 radical (unpaired) electrons. The summed E-state index contributed by atoms with van der Waals surface area (Å²) in [6, 6.07) is 0. The first-order valence-corrected chi connectivity index (χ1v) is 0. The number of hydrogen-bond donors (Lipinski definition) is 0. The summed E-state index contributed by atoms with van der Waals surface area (Å²) < 4.78 is 0. The SMILES string of the molecule is [Cl-].[Cl-].[Cl-].[Fe].[Fe]. The maximum absolute atomic E-state index is 0. The number of hydrogen-bond acceptors (Lipinski definition) is 0. The van der Waals surface area contributed by atoms with Gasteiger partial charge in [0.25, 0.3) is 0 Å². The Kier molecular flexibility index (Phi) is 517. The molecule has 0 aliphatic rings. The molecule has 0 saturated carbocycles. The molecule has 0 amide bonds. The Labute approximate surface area is 71.0 Å². The molecule has 40 valence electrons. The van der Waals surface area contributed by atoms with Crippen LogP contribution in [0.3, 0.4) is 0 Å². The molecule has 0 rings (SSSR count). The molecule has 0 bridgehead atoms. The third-order valence-electron chi connectivity index (χ3n) is 0. The van der Waals surface area contributed by atoms with Gasteiger partial charge in [-0.3, -0.25) is 0 Å². The zero-order valence-corrected chi connectivity index (χ0v) is 6.32. The predicted octanol–water partition coefficient (Wildman–Crippen LogP) is -8.99. The Balaban J connectivity index is 0. The minimum Gasteiger partial charge on any atom is -1.00 e. The average Bonchev–Trinajstić information content (AvgIpc) is 0. The van der Waals surface area contributed by atoms with Crippen molar-refractivity contribution in [3.05, 3.63) is 0 Å². The topological polar surface area (TPSA) is 0 Å². The van der Waals surface area contributed by atoms with Crippen LogP contribution in [0.1, 0.15) is 0 Å². The van der Waals surface area contributed by atoms with Crippen LogP contribution >= 0.6 is 0 Å². The fourth-order valence-electron chi connectivity index (χ4n) is 0. The summed E-state index contributed by atoms with van der Waals surface area (Å²) >= 11 is 0. The van der Waals surface area contributed by atoms with Crippen molar-refractivity contribution in [1.29, 1.82) is 0 Å². The molecule has 0 atom stereocenters. The van der Waals surface area contributed by atoms with Crippen molar-refractivity contribution in [2.75, 3.05) is 0 Å². The zero-order valence-electron chi connectivity index (χ0n) is 1.84. The van der Waals surface area contributed by atoms with Gasteiger partial charge in [-0.15, -0.1) is 0 Å². The van der Waals surface area contributed by atoms with Gasteiger partial charge in [0.1, 0.15) is 0 Å². The molecule has 0 spiro atoms. The van der Waals surface area contributed by atoms with Gasteiger partial charge in [-0.05, 0) is 0 Å². The first kappa shape index (κ1) is 66.2. The van der Waals surface area contributed by atoms with Crippen LogP contribution in [0.15, 0.2) is 0 Å². The summed E-state index contributed by atoms with van der Waals surface area (Å²) in [6.07, 6.45) is 0. The monoisotopic (exact) mass is 217 g/mol. The van der Waals surface area contributed by atoms with E-state index in [1.165, 1.54) is 0 Å². The van der Waals surface area contributed by atoms with E-state index in [1.807, 2.05) is 0 Å². The third kappa shape index (κ3) is 24.8. The summed E-state index contributed by atoms with van der Waals surface area (Å²) in [4.78, 5) is 0. The molecule has 0 saturated heterocycles. The van der Waals surface area contributed by atoms with Crippen molar-refractivity contribution in [2.45, 2.75) is 0 Å². The van der Waals surface area contributed by atoms with E-state index < -0.39 is 0 Å². The Hall–Kier alpha value is 1.91. The standard InChI is InChI=1S/3ClH.2Fe/h3*1H;;/p-3. The van der Waals surface area contributed by atoms with E-state index in [-0.39, 0.29) is 71.4 Å². The van der Waals surface area contributed by atoms with Crippen LogP contribution in [-0.2, 0) is 34.1 Å². The Bertz CT molecular complexity index is 4.85. The van der Waals surface area contributed by atoms with Crippen molar-refractivity contribution in [3.63, 3.8) is 0 Å². The van der Waals surface area contributed by atoms with E-state index in [1.54, 1.807) is 0 Å². The van der Waals surface area contributed by atoms with Gasteiger partial charge in [0.05, 0.1) is 0 Å². The Morgan fingerprint density at radius 2 is 0.400 bits per heavy atom. The van der Waals surface area contributed by atoms with Crippen LogP contribution in [0, 0.1) is 0 Å². The second-order valence-electron chi connectivity index (χ2n) is 0. The van der Waals surface area contributed by atoms with Crippen LogP contribution in [-0.4, -0.2) is 0 Å². The summed E-state index contributed by atoms with van der Waals surface area (Å²) in [6.45, 7) is 0. The van der Waals surface area contributed by atoms with E-state index in [4.69, 9.17) is 0 Å². The zero-order chi connectivity index (χ0) is 0. The fourth-order valence-corrected chi connectivity index (χ4v) is 0. The molecule has 0 heterocycles. The molecule has 0 fully saturated rings. The maximum Gasteiger partial charge on any atom is 0 e. The normalized spacial score (nSPS) is 0. The first-order valence-electron chi connectivity index (χ1n) is 0. The van der Waals surface area contributed by atoms with Gasteiger partial charge in [0.15, 0.2) is 0 Å². The van der Waals surface area contributed by atoms with Gasteiger partial charge >= 0.3 is 0 Å². The van der Waals surface area contributed by atoms with Gasteiger partial charge in [0.2, 0.25) is 0 Å². The average molecular weight is 218 g/mol. The van der Waals surface area contributed by atoms with Crippen molar-refractivity contribution in [3.8, 4) is 0 Å². The van der Waals surface area contributed by atoms with Crippen molar-refractivity contribution in [2.24, 2.45) is 0 Å². The van der Waals surface area contributed by atoms with Gasteiger partial charge in [-0.1, -0.05) is 0 Å². The molecular formula is Cl3Fe2-3. The van der Waals surface area contributed by atoms with Crippen molar-refractivity contribution >= 4 is 0 Å². The summed E-state index contributed by atoms with van der Waals surface area (Å²) in [5.41, 5.74) is 0. The molecule has 0 aliphatic heterocycles. The quantitative estimate of drug-likeness (QED) is 0.354. The van der Waals surface area contributed by atoms with E-state index >= 15 is 0 Å². The largest absolute Gasteiger partial charge is 1.00 e. The third-order valence-corrected chi connectivity index (χ3v) is 0. The van der Waals surface area contributed by atoms with Crippen molar-refractivity contribution in [1.82, 2.24) is 0 Å². The molecule has 0 aromatic rings. The molecule has 0 aliphatic carbocycles. The Morgan fingerprint density at radius 3 is 0.400 bits per heavy atom. The van der Waals surface area contributed by atoms with E-state index in [2.05, 4.69) is 0 Å². The molecule has 5 heavy (non-hydrogen) atoms. The number of halogens is 3. The maximum atomic E-state index is 0. The smallest absolute Gasteiger partial charge is 0 e. The van der Waals surface area contributed by atoms with Crippen LogP contribution < -0.4 is 37.2 Å². The fraction of sp³-hybridized carbons (Fsp3) is 0. The molecule has 0 unspecified atom stereocenters. The molecule has 0 aromatic carbocycles. The van der Waals surface area contributed by atoms with Gasteiger partial charge < -0.3 is 37.2 Å².